The number of carbonyl (C=O) groups excluding carboxylic acids is 1. The topological polar surface area (TPSA) is 79.5 Å². The molecule has 2 aliphatic rings. The van der Waals surface area contributed by atoms with E-state index in [4.69, 9.17) is 5.73 Å². The van der Waals surface area contributed by atoms with Crippen LogP contribution >= 0.6 is 0 Å². The quantitative estimate of drug-likeness (QED) is 0.476. The summed E-state index contributed by atoms with van der Waals surface area (Å²) in [5, 5.41) is 6.10. The van der Waals surface area contributed by atoms with Gasteiger partial charge < -0.3 is 16.4 Å². The van der Waals surface area contributed by atoms with E-state index in [0.29, 0.717) is 18.4 Å². The molecule has 0 radical (unpaired) electrons. The number of nitrogens with one attached hydrogen (secondary N) is 2. The average molecular weight is 182 g/mol. The molecule has 2 heterocycles. The van der Waals surface area contributed by atoms with Crippen molar-refractivity contribution >= 4 is 11.9 Å². The van der Waals surface area contributed by atoms with Crippen molar-refractivity contribution in [3.05, 3.63) is 0 Å². The molecule has 2 unspecified atom stereocenters. The summed E-state index contributed by atoms with van der Waals surface area (Å²) in [6.45, 7) is 2.81. The summed E-state index contributed by atoms with van der Waals surface area (Å²) in [4.78, 5) is 14.7. The zero-order chi connectivity index (χ0) is 9.47. The molecular weight excluding hydrogens is 168 g/mol. The summed E-state index contributed by atoms with van der Waals surface area (Å²) in [6.07, 6.45) is 1.89. The zero-order valence-corrected chi connectivity index (χ0v) is 7.63. The number of carbonyl (C=O) groups is 1. The number of nitrogens with zero attached hydrogens (tertiary/aromatic N) is 1. The Morgan fingerprint density at radius 1 is 1.69 bits per heavy atom. The summed E-state index contributed by atoms with van der Waals surface area (Å²) in [6, 6.07) is 0.185. The van der Waals surface area contributed by atoms with Crippen molar-refractivity contribution in [1.82, 2.24) is 10.6 Å². The Morgan fingerprint density at radius 2 is 2.46 bits per heavy atom. The largest absolute Gasteiger partial charge is 0.385 e. The van der Waals surface area contributed by atoms with Crippen LogP contribution in [0.15, 0.2) is 4.99 Å². The molecule has 0 aromatic rings. The third-order valence-corrected chi connectivity index (χ3v) is 2.81. The van der Waals surface area contributed by atoms with Gasteiger partial charge in [-0.1, -0.05) is 0 Å². The molecule has 2 amide bonds. The van der Waals surface area contributed by atoms with E-state index in [1.165, 1.54) is 0 Å². The predicted molar refractivity (Wildman–Crippen MR) is 49.6 cm³/mol. The van der Waals surface area contributed by atoms with E-state index >= 15 is 0 Å². The zero-order valence-electron chi connectivity index (χ0n) is 7.63. The smallest absolute Gasteiger partial charge is 0.343 e. The van der Waals surface area contributed by atoms with Crippen molar-refractivity contribution in [3.8, 4) is 0 Å². The van der Waals surface area contributed by atoms with Gasteiger partial charge in [0.1, 0.15) is 11.4 Å². The maximum Gasteiger partial charge on any atom is 0.343 e. The van der Waals surface area contributed by atoms with E-state index in [1.807, 2.05) is 0 Å². The third kappa shape index (κ3) is 1.29. The lowest BCUT2D eigenvalue weighted by atomic mass is 9.87. The Bertz CT molecular complexity index is 265. The van der Waals surface area contributed by atoms with Crippen LogP contribution in [0.2, 0.25) is 0 Å². The monoisotopic (exact) mass is 182 g/mol. The molecular formula is C8H14N4O. The lowest BCUT2D eigenvalue weighted by Crippen LogP contribution is -2.62. The van der Waals surface area contributed by atoms with Crippen molar-refractivity contribution in [2.75, 3.05) is 6.54 Å². The predicted octanol–water partition coefficient (Wildman–Crippen LogP) is -0.422. The van der Waals surface area contributed by atoms with Gasteiger partial charge in [0.2, 0.25) is 0 Å². The van der Waals surface area contributed by atoms with Crippen LogP contribution in [-0.2, 0) is 0 Å². The average Bonchev–Trinajstić information content (AvgIpc) is 2.34. The fraction of sp³-hybridized carbons (Fsp3) is 0.750. The summed E-state index contributed by atoms with van der Waals surface area (Å²) in [5.41, 5.74) is 5.31. The molecule has 5 heteroatoms. The highest BCUT2D eigenvalue weighted by atomic mass is 16.2. The Labute approximate surface area is 76.8 Å². The standard InChI is InChI=1S/C8H14N4O/c1-5-2-3-8(4-10-5)6(9)11-7(13)12-8/h5,10H,2-4H2,1H3,(H3,9,11,12,13). The van der Waals surface area contributed by atoms with Crippen LogP contribution in [0.1, 0.15) is 19.8 Å². The van der Waals surface area contributed by atoms with E-state index in [0.717, 1.165) is 12.8 Å². The Balaban J connectivity index is 2.15. The molecule has 72 valence electrons. The highest BCUT2D eigenvalue weighted by Crippen LogP contribution is 2.22. The van der Waals surface area contributed by atoms with Gasteiger partial charge in [0.05, 0.1) is 0 Å². The van der Waals surface area contributed by atoms with Crippen LogP contribution < -0.4 is 16.4 Å². The third-order valence-electron chi connectivity index (χ3n) is 2.81. The maximum atomic E-state index is 11.0. The molecule has 2 aliphatic heterocycles. The van der Waals surface area contributed by atoms with Gasteiger partial charge in [0.15, 0.2) is 0 Å². The molecule has 1 fully saturated rings. The van der Waals surface area contributed by atoms with E-state index in [9.17, 15) is 4.79 Å². The Kier molecular flexibility index (Phi) is 1.76. The second kappa shape index (κ2) is 2.70. The molecule has 0 aromatic carbocycles. The summed E-state index contributed by atoms with van der Waals surface area (Å²) < 4.78 is 0. The minimum absolute atomic E-state index is 0.311. The number of hydrogen-bond donors (Lipinski definition) is 3. The fourth-order valence-corrected chi connectivity index (χ4v) is 1.84. The first-order valence-electron chi connectivity index (χ1n) is 4.52. The van der Waals surface area contributed by atoms with Gasteiger partial charge in [-0.05, 0) is 19.8 Å². The molecule has 1 saturated heterocycles. The SMILES string of the molecule is CC1CCC2(CN1)NC(=O)N=C2N. The van der Waals surface area contributed by atoms with Crippen molar-refractivity contribution < 1.29 is 4.79 Å². The number of amidine groups is 1. The molecule has 0 aliphatic carbocycles. The summed E-state index contributed by atoms with van der Waals surface area (Å²) >= 11 is 0. The normalized spacial score (nSPS) is 39.0. The van der Waals surface area contributed by atoms with E-state index in [1.54, 1.807) is 0 Å². The van der Waals surface area contributed by atoms with Crippen molar-refractivity contribution in [3.63, 3.8) is 0 Å². The Hall–Kier alpha value is -1.10. The number of piperidine rings is 1. The van der Waals surface area contributed by atoms with Crippen LogP contribution in [-0.4, -0.2) is 30.0 Å². The van der Waals surface area contributed by atoms with Crippen LogP contribution in [0.4, 0.5) is 4.79 Å². The lowest BCUT2D eigenvalue weighted by Gasteiger charge is -2.36. The highest BCUT2D eigenvalue weighted by molar-refractivity contribution is 6.06. The first-order chi connectivity index (χ1) is 6.12. The van der Waals surface area contributed by atoms with E-state index in [-0.39, 0.29) is 6.03 Å². The first kappa shape index (κ1) is 8.50. The van der Waals surface area contributed by atoms with Crippen LogP contribution in [0, 0.1) is 0 Å². The molecule has 4 N–H and O–H groups in total. The molecule has 0 aromatic heterocycles. The molecule has 2 atom stereocenters. The van der Waals surface area contributed by atoms with Crippen LogP contribution in [0.3, 0.4) is 0 Å². The second-order valence-corrected chi connectivity index (χ2v) is 3.83. The van der Waals surface area contributed by atoms with Crippen molar-refractivity contribution in [2.45, 2.75) is 31.3 Å². The highest BCUT2D eigenvalue weighted by Gasteiger charge is 2.43. The fourth-order valence-electron chi connectivity index (χ4n) is 1.84. The number of amides is 2. The number of rotatable bonds is 0. The number of nitrogens with two attached hydrogens (primary N) is 1. The van der Waals surface area contributed by atoms with Gasteiger partial charge in [-0.25, -0.2) is 4.79 Å². The van der Waals surface area contributed by atoms with Crippen molar-refractivity contribution in [2.24, 2.45) is 10.7 Å². The summed E-state index contributed by atoms with van der Waals surface area (Å²) in [7, 11) is 0. The van der Waals surface area contributed by atoms with Gasteiger partial charge in [0, 0.05) is 12.6 Å². The first-order valence-corrected chi connectivity index (χ1v) is 4.52. The molecule has 13 heavy (non-hydrogen) atoms. The van der Waals surface area contributed by atoms with Gasteiger partial charge in [-0.3, -0.25) is 0 Å². The van der Waals surface area contributed by atoms with Gasteiger partial charge in [0.25, 0.3) is 0 Å². The van der Waals surface area contributed by atoms with Crippen LogP contribution in [0.25, 0.3) is 0 Å². The number of hydrogen-bond acceptors (Lipinski definition) is 3. The van der Waals surface area contributed by atoms with Gasteiger partial charge >= 0.3 is 6.03 Å². The Morgan fingerprint density at radius 3 is 2.92 bits per heavy atom. The summed E-state index contributed by atoms with van der Waals surface area (Å²) in [5.74, 6) is 0.428. The minimum atomic E-state index is -0.399. The number of urea groups is 1. The lowest BCUT2D eigenvalue weighted by molar-refractivity contribution is 0.237. The van der Waals surface area contributed by atoms with E-state index < -0.39 is 5.54 Å². The molecule has 1 spiro atoms. The molecule has 5 nitrogen and oxygen atoms in total. The molecule has 0 bridgehead atoms. The minimum Gasteiger partial charge on any atom is -0.385 e. The number of aliphatic imine (C=N–C) groups is 1. The van der Waals surface area contributed by atoms with Gasteiger partial charge in [-0.2, -0.15) is 4.99 Å². The van der Waals surface area contributed by atoms with Crippen molar-refractivity contribution in [1.29, 1.82) is 0 Å². The molecule has 2 rings (SSSR count). The van der Waals surface area contributed by atoms with E-state index in [2.05, 4.69) is 22.5 Å². The van der Waals surface area contributed by atoms with Gasteiger partial charge in [-0.15, -0.1) is 0 Å². The maximum absolute atomic E-state index is 11.0. The second-order valence-electron chi connectivity index (χ2n) is 3.83. The molecule has 0 saturated carbocycles. The van der Waals surface area contributed by atoms with Crippen LogP contribution in [0.5, 0.6) is 0 Å².